The van der Waals surface area contributed by atoms with Crippen LogP contribution in [0, 0.1) is 5.92 Å². The fraction of sp³-hybridized carbons (Fsp3) is 0.571. The van der Waals surface area contributed by atoms with Crippen molar-refractivity contribution >= 4 is 5.82 Å². The van der Waals surface area contributed by atoms with E-state index in [0.29, 0.717) is 5.92 Å². The van der Waals surface area contributed by atoms with E-state index in [-0.39, 0.29) is 0 Å². The van der Waals surface area contributed by atoms with Gasteiger partial charge in [-0.3, -0.25) is 0 Å². The van der Waals surface area contributed by atoms with Crippen LogP contribution in [-0.2, 0) is 13.1 Å². The normalized spacial score (nSPS) is 23.8. The molecule has 26 heavy (non-hydrogen) atoms. The summed E-state index contributed by atoms with van der Waals surface area (Å²) in [5.41, 5.74) is 1.21. The van der Waals surface area contributed by atoms with Gasteiger partial charge in [0.25, 0.3) is 0 Å². The summed E-state index contributed by atoms with van der Waals surface area (Å²) in [6.45, 7) is 8.29. The number of nitrogens with zero attached hydrogens (tertiary/aromatic N) is 3. The standard InChI is InChI=1S/C21H30N4O/c1-16-12-19(16)20-6-5-18(26-20)15-22-13-17-4-7-21(23-14-17)25-9-3-8-24(2)10-11-25/h4-7,14,16,19,22H,3,8-13,15H2,1-2H3/t16-,19+/m0/s1. The number of nitrogens with one attached hydrogen (secondary N) is 1. The molecule has 2 atom stereocenters. The molecule has 0 unspecified atom stereocenters. The van der Waals surface area contributed by atoms with Gasteiger partial charge in [-0.1, -0.05) is 13.0 Å². The number of rotatable bonds is 6. The minimum absolute atomic E-state index is 0.652. The predicted octanol–water partition coefficient (Wildman–Crippen LogP) is 3.23. The van der Waals surface area contributed by atoms with Gasteiger partial charge in [0.05, 0.1) is 6.54 Å². The highest BCUT2D eigenvalue weighted by Gasteiger charge is 2.36. The van der Waals surface area contributed by atoms with Crippen molar-refractivity contribution in [2.75, 3.05) is 38.1 Å². The van der Waals surface area contributed by atoms with Gasteiger partial charge < -0.3 is 19.5 Å². The molecule has 1 N–H and O–H groups in total. The zero-order chi connectivity index (χ0) is 17.9. The second kappa shape index (κ2) is 7.80. The van der Waals surface area contributed by atoms with Crippen molar-refractivity contribution < 1.29 is 4.42 Å². The Labute approximate surface area is 156 Å². The summed E-state index contributed by atoms with van der Waals surface area (Å²) < 4.78 is 5.95. The summed E-state index contributed by atoms with van der Waals surface area (Å²) in [5.74, 6) is 4.72. The molecule has 0 amide bonds. The van der Waals surface area contributed by atoms with Crippen molar-refractivity contribution in [2.24, 2.45) is 5.92 Å². The van der Waals surface area contributed by atoms with Gasteiger partial charge in [-0.05, 0) is 56.1 Å². The van der Waals surface area contributed by atoms with Crippen LogP contribution in [0.1, 0.15) is 42.8 Å². The van der Waals surface area contributed by atoms with Gasteiger partial charge in [-0.2, -0.15) is 0 Å². The van der Waals surface area contributed by atoms with E-state index in [1.165, 1.54) is 24.9 Å². The molecule has 5 heteroatoms. The van der Waals surface area contributed by atoms with E-state index in [4.69, 9.17) is 4.42 Å². The second-order valence-corrected chi connectivity index (χ2v) is 7.90. The molecule has 2 aromatic heterocycles. The third-order valence-electron chi connectivity index (χ3n) is 5.64. The van der Waals surface area contributed by atoms with Crippen LogP contribution in [0.4, 0.5) is 5.82 Å². The van der Waals surface area contributed by atoms with Crippen LogP contribution in [-0.4, -0.2) is 43.1 Å². The van der Waals surface area contributed by atoms with E-state index in [2.05, 4.69) is 58.3 Å². The summed E-state index contributed by atoms with van der Waals surface area (Å²) >= 11 is 0. The van der Waals surface area contributed by atoms with Crippen molar-refractivity contribution in [3.05, 3.63) is 47.5 Å². The highest BCUT2D eigenvalue weighted by molar-refractivity contribution is 5.39. The largest absolute Gasteiger partial charge is 0.464 e. The monoisotopic (exact) mass is 354 g/mol. The van der Waals surface area contributed by atoms with Crippen LogP contribution >= 0.6 is 0 Å². The zero-order valence-electron chi connectivity index (χ0n) is 15.9. The van der Waals surface area contributed by atoms with E-state index in [9.17, 15) is 0 Å². The maximum absolute atomic E-state index is 5.95. The first-order chi connectivity index (χ1) is 12.7. The lowest BCUT2D eigenvalue weighted by atomic mass is 10.2. The van der Waals surface area contributed by atoms with Crippen molar-refractivity contribution in [3.63, 3.8) is 0 Å². The Kier molecular flexibility index (Phi) is 5.27. The number of pyridine rings is 1. The highest BCUT2D eigenvalue weighted by Crippen LogP contribution is 2.47. The Morgan fingerprint density at radius 2 is 2.00 bits per heavy atom. The van der Waals surface area contributed by atoms with E-state index in [1.807, 2.05) is 6.20 Å². The lowest BCUT2D eigenvalue weighted by Gasteiger charge is -2.21. The van der Waals surface area contributed by atoms with Gasteiger partial charge in [0.15, 0.2) is 0 Å². The van der Waals surface area contributed by atoms with E-state index in [0.717, 1.165) is 56.0 Å². The van der Waals surface area contributed by atoms with Crippen molar-refractivity contribution in [3.8, 4) is 0 Å². The molecule has 1 saturated heterocycles. The first-order valence-corrected chi connectivity index (χ1v) is 9.87. The number of likely N-dealkylation sites (N-methyl/N-ethyl adjacent to an activating group) is 1. The first-order valence-electron chi connectivity index (χ1n) is 9.87. The molecule has 1 aliphatic carbocycles. The van der Waals surface area contributed by atoms with E-state index >= 15 is 0 Å². The molecule has 140 valence electrons. The van der Waals surface area contributed by atoms with Gasteiger partial charge in [0.2, 0.25) is 0 Å². The summed E-state index contributed by atoms with van der Waals surface area (Å²) in [6.07, 6.45) is 4.47. The van der Waals surface area contributed by atoms with Crippen LogP contribution in [0.15, 0.2) is 34.9 Å². The molecule has 4 rings (SSSR count). The predicted molar refractivity (Wildman–Crippen MR) is 104 cm³/mol. The maximum Gasteiger partial charge on any atom is 0.128 e. The Balaban J connectivity index is 1.25. The third-order valence-corrected chi connectivity index (χ3v) is 5.64. The smallest absolute Gasteiger partial charge is 0.128 e. The summed E-state index contributed by atoms with van der Waals surface area (Å²) in [6, 6.07) is 8.58. The molecule has 0 bridgehead atoms. The molecule has 0 aromatic carbocycles. The van der Waals surface area contributed by atoms with Gasteiger partial charge in [0.1, 0.15) is 17.3 Å². The molecule has 0 radical (unpaired) electrons. The summed E-state index contributed by atoms with van der Waals surface area (Å²) in [5, 5.41) is 3.46. The zero-order valence-corrected chi connectivity index (χ0v) is 15.9. The quantitative estimate of drug-likeness (QED) is 0.863. The minimum Gasteiger partial charge on any atom is -0.464 e. The van der Waals surface area contributed by atoms with Crippen LogP contribution in [0.3, 0.4) is 0 Å². The molecular weight excluding hydrogens is 324 g/mol. The number of anilines is 1. The van der Waals surface area contributed by atoms with Gasteiger partial charge in [-0.15, -0.1) is 0 Å². The SMILES string of the molecule is C[C@H]1C[C@H]1c1ccc(CNCc2ccc(N3CCCN(C)CC3)nc2)o1. The molecule has 1 aliphatic heterocycles. The fourth-order valence-electron chi connectivity index (χ4n) is 3.72. The van der Waals surface area contributed by atoms with Crippen LogP contribution in [0.2, 0.25) is 0 Å². The van der Waals surface area contributed by atoms with Crippen LogP contribution in [0.5, 0.6) is 0 Å². The topological polar surface area (TPSA) is 44.5 Å². The van der Waals surface area contributed by atoms with Gasteiger partial charge in [0, 0.05) is 38.3 Å². The Morgan fingerprint density at radius 1 is 1.12 bits per heavy atom. The Bertz CT molecular complexity index is 711. The molecule has 2 aliphatic rings. The molecule has 2 fully saturated rings. The van der Waals surface area contributed by atoms with E-state index < -0.39 is 0 Å². The molecule has 2 aromatic rings. The number of hydrogen-bond acceptors (Lipinski definition) is 5. The highest BCUT2D eigenvalue weighted by atomic mass is 16.3. The molecular formula is C21H30N4O. The van der Waals surface area contributed by atoms with Crippen molar-refractivity contribution in [1.82, 2.24) is 15.2 Å². The van der Waals surface area contributed by atoms with Crippen molar-refractivity contribution in [2.45, 2.75) is 38.8 Å². The summed E-state index contributed by atoms with van der Waals surface area (Å²) in [7, 11) is 2.19. The van der Waals surface area contributed by atoms with Crippen molar-refractivity contribution in [1.29, 1.82) is 0 Å². The number of aromatic nitrogens is 1. The summed E-state index contributed by atoms with van der Waals surface area (Å²) in [4.78, 5) is 9.47. The van der Waals surface area contributed by atoms with Gasteiger partial charge >= 0.3 is 0 Å². The maximum atomic E-state index is 5.95. The first kappa shape index (κ1) is 17.6. The second-order valence-electron chi connectivity index (χ2n) is 7.90. The Hall–Kier alpha value is -1.85. The molecule has 5 nitrogen and oxygen atoms in total. The average Bonchev–Trinajstić information content (AvgIpc) is 3.26. The van der Waals surface area contributed by atoms with Crippen LogP contribution < -0.4 is 10.2 Å². The number of hydrogen-bond donors (Lipinski definition) is 1. The molecule has 0 spiro atoms. The number of furan rings is 1. The minimum atomic E-state index is 0.652. The lowest BCUT2D eigenvalue weighted by molar-refractivity contribution is 0.360. The van der Waals surface area contributed by atoms with Gasteiger partial charge in [-0.25, -0.2) is 4.98 Å². The van der Waals surface area contributed by atoms with E-state index in [1.54, 1.807) is 0 Å². The molecule has 3 heterocycles. The molecule has 1 saturated carbocycles. The Morgan fingerprint density at radius 3 is 2.77 bits per heavy atom. The van der Waals surface area contributed by atoms with Crippen LogP contribution in [0.25, 0.3) is 0 Å². The fourth-order valence-corrected chi connectivity index (χ4v) is 3.72. The lowest BCUT2D eigenvalue weighted by Crippen LogP contribution is -2.29. The third kappa shape index (κ3) is 4.27. The average molecular weight is 354 g/mol.